The lowest BCUT2D eigenvalue weighted by Crippen LogP contribution is -2.69. The molecule has 166 valence electrons. The van der Waals surface area contributed by atoms with Gasteiger partial charge in [0.25, 0.3) is 0 Å². The van der Waals surface area contributed by atoms with Gasteiger partial charge >= 0.3 is 0 Å². The maximum Gasteiger partial charge on any atom is 0.115 e. The highest BCUT2D eigenvalue weighted by Gasteiger charge is 2.61. The van der Waals surface area contributed by atoms with Gasteiger partial charge in [-0.2, -0.15) is 0 Å². The minimum atomic E-state index is 0.000235. The maximum absolute atomic E-state index is 9.60. The van der Waals surface area contributed by atoms with E-state index < -0.39 is 0 Å². The van der Waals surface area contributed by atoms with E-state index in [9.17, 15) is 5.11 Å². The molecular weight excluding hydrogens is 370 g/mol. The Bertz CT molecular complexity index is 727. The third kappa shape index (κ3) is 3.71. The van der Waals surface area contributed by atoms with Crippen molar-refractivity contribution in [3.8, 4) is 5.75 Å². The molecule has 3 nitrogen and oxygen atoms in total. The molecule has 2 bridgehead atoms. The minimum absolute atomic E-state index is 0.000235. The van der Waals surface area contributed by atoms with Crippen molar-refractivity contribution in [1.29, 1.82) is 0 Å². The Morgan fingerprint density at radius 1 is 0.967 bits per heavy atom. The van der Waals surface area contributed by atoms with Crippen LogP contribution >= 0.6 is 0 Å². The van der Waals surface area contributed by atoms with Crippen molar-refractivity contribution in [2.45, 2.75) is 108 Å². The molecule has 6 unspecified atom stereocenters. The summed E-state index contributed by atoms with van der Waals surface area (Å²) in [6.07, 6.45) is 16.7. The fourth-order valence-corrected chi connectivity index (χ4v) is 8.01. The molecule has 1 aromatic carbocycles. The van der Waals surface area contributed by atoms with Gasteiger partial charge in [0.1, 0.15) is 5.75 Å². The molecule has 5 fully saturated rings. The molecule has 30 heavy (non-hydrogen) atoms. The largest absolute Gasteiger partial charge is 0.508 e. The fourth-order valence-electron chi connectivity index (χ4n) is 8.01. The zero-order valence-corrected chi connectivity index (χ0v) is 18.8. The van der Waals surface area contributed by atoms with Crippen molar-refractivity contribution < 1.29 is 9.84 Å². The summed E-state index contributed by atoms with van der Waals surface area (Å²) in [6, 6.07) is 8.16. The highest BCUT2D eigenvalue weighted by molar-refractivity contribution is 5.26. The van der Waals surface area contributed by atoms with Gasteiger partial charge in [0.05, 0.1) is 11.2 Å². The van der Waals surface area contributed by atoms with Gasteiger partial charge in [-0.3, -0.25) is 0 Å². The van der Waals surface area contributed by atoms with Crippen LogP contribution in [0.2, 0.25) is 0 Å². The summed E-state index contributed by atoms with van der Waals surface area (Å²) in [7, 11) is 0. The quantitative estimate of drug-likeness (QED) is 0.641. The van der Waals surface area contributed by atoms with Crippen LogP contribution in [-0.4, -0.2) is 22.4 Å². The molecule has 6 atom stereocenters. The number of rotatable bonds is 4. The fraction of sp³-hybridized carbons (Fsp3) is 0.778. The lowest BCUT2D eigenvalue weighted by molar-refractivity contribution is -0.295. The van der Waals surface area contributed by atoms with Gasteiger partial charge in [-0.05, 0) is 93.7 Å². The molecule has 5 aliphatic rings. The topological polar surface area (TPSA) is 55.5 Å². The van der Waals surface area contributed by atoms with Crippen molar-refractivity contribution in [3.63, 3.8) is 0 Å². The molecule has 0 radical (unpaired) electrons. The second-order valence-electron chi connectivity index (χ2n) is 11.3. The molecule has 3 saturated carbocycles. The summed E-state index contributed by atoms with van der Waals surface area (Å²) < 4.78 is 7.31. The summed E-state index contributed by atoms with van der Waals surface area (Å²) in [6.45, 7) is 2.44. The number of fused-ring (bicyclic) bond motifs is 3. The number of hydrogen-bond donors (Lipinski definition) is 2. The first-order chi connectivity index (χ1) is 14.5. The van der Waals surface area contributed by atoms with E-state index in [1.165, 1.54) is 76.2 Å². The lowest BCUT2D eigenvalue weighted by atomic mass is 9.55. The SMILES string of the molecule is CC1(C2CCCCC2)OC2(C3CCCC(Cc4ccc(O)cc4)C3)CCC1C(N)C2. The van der Waals surface area contributed by atoms with E-state index in [1.54, 1.807) is 0 Å². The molecule has 0 amide bonds. The highest BCUT2D eigenvalue weighted by atomic mass is 16.5. The number of ether oxygens (including phenoxy) is 1. The van der Waals surface area contributed by atoms with Crippen LogP contribution in [0.1, 0.15) is 89.5 Å². The van der Waals surface area contributed by atoms with Crippen molar-refractivity contribution >= 4 is 0 Å². The first kappa shape index (κ1) is 20.8. The Balaban J connectivity index is 1.33. The van der Waals surface area contributed by atoms with E-state index in [-0.39, 0.29) is 11.2 Å². The second-order valence-corrected chi connectivity index (χ2v) is 11.3. The van der Waals surface area contributed by atoms with Crippen LogP contribution in [0, 0.1) is 23.7 Å². The van der Waals surface area contributed by atoms with Crippen molar-refractivity contribution in [2.75, 3.05) is 0 Å². The van der Waals surface area contributed by atoms with Crippen LogP contribution in [0.25, 0.3) is 0 Å². The Morgan fingerprint density at radius 3 is 2.43 bits per heavy atom. The Labute approximate surface area is 182 Å². The first-order valence-corrected chi connectivity index (χ1v) is 12.7. The minimum Gasteiger partial charge on any atom is -0.508 e. The number of phenolic OH excluding ortho intramolecular Hbond substituents is 1. The van der Waals surface area contributed by atoms with Crippen molar-refractivity contribution in [1.82, 2.24) is 0 Å². The summed E-state index contributed by atoms with van der Waals surface area (Å²) in [5.41, 5.74) is 8.24. The van der Waals surface area contributed by atoms with Crippen LogP contribution in [0.5, 0.6) is 5.75 Å². The molecule has 1 aromatic rings. The Hall–Kier alpha value is -1.06. The highest BCUT2D eigenvalue weighted by Crippen LogP contribution is 2.59. The lowest BCUT2D eigenvalue weighted by Gasteiger charge is -2.64. The van der Waals surface area contributed by atoms with Crippen LogP contribution in [-0.2, 0) is 11.2 Å². The number of benzene rings is 1. The summed E-state index contributed by atoms with van der Waals surface area (Å²) in [5.74, 6) is 3.01. The molecule has 6 rings (SSSR count). The molecular formula is C27H41NO2. The van der Waals surface area contributed by atoms with Gasteiger partial charge in [-0.1, -0.05) is 44.2 Å². The number of nitrogens with two attached hydrogens (primary N) is 1. The molecule has 0 aromatic heterocycles. The van der Waals surface area contributed by atoms with E-state index in [0.717, 1.165) is 18.8 Å². The Kier molecular flexibility index (Phi) is 5.64. The molecule has 0 spiro atoms. The van der Waals surface area contributed by atoms with E-state index in [4.69, 9.17) is 10.5 Å². The van der Waals surface area contributed by atoms with Crippen LogP contribution in [0.15, 0.2) is 24.3 Å². The summed E-state index contributed by atoms with van der Waals surface area (Å²) in [4.78, 5) is 0. The standard InChI is InChI=1S/C27H41NO2/c1-26(21-7-3-2-4-8-21)24-14-15-27(30-26,18-25(24)28)22-9-5-6-20(17-22)16-19-10-12-23(29)13-11-19/h10-13,20-22,24-25,29H,2-9,14-18,28H2,1H3. The zero-order chi connectivity index (χ0) is 20.8. The zero-order valence-electron chi connectivity index (χ0n) is 18.8. The number of hydrogen-bond acceptors (Lipinski definition) is 3. The van der Waals surface area contributed by atoms with Crippen LogP contribution in [0.4, 0.5) is 0 Å². The van der Waals surface area contributed by atoms with E-state index in [0.29, 0.717) is 29.5 Å². The summed E-state index contributed by atoms with van der Waals surface area (Å²) in [5, 5.41) is 9.60. The molecule has 2 heterocycles. The first-order valence-electron chi connectivity index (χ1n) is 12.7. The predicted molar refractivity (Wildman–Crippen MR) is 121 cm³/mol. The van der Waals surface area contributed by atoms with Gasteiger partial charge < -0.3 is 15.6 Å². The molecule has 3 aliphatic carbocycles. The summed E-state index contributed by atoms with van der Waals surface area (Å²) >= 11 is 0. The van der Waals surface area contributed by atoms with Gasteiger partial charge in [-0.15, -0.1) is 0 Å². The normalized spacial score (nSPS) is 42.3. The molecule has 3 N–H and O–H groups in total. The monoisotopic (exact) mass is 411 g/mol. The average Bonchev–Trinajstić information content (AvgIpc) is 2.76. The number of phenols is 1. The smallest absolute Gasteiger partial charge is 0.115 e. The van der Waals surface area contributed by atoms with Gasteiger partial charge in [0.15, 0.2) is 0 Å². The Morgan fingerprint density at radius 2 is 1.70 bits per heavy atom. The third-order valence-electron chi connectivity index (χ3n) is 9.54. The molecule has 3 heteroatoms. The molecule has 2 saturated heterocycles. The number of aromatic hydroxyl groups is 1. The van der Waals surface area contributed by atoms with E-state index >= 15 is 0 Å². The van der Waals surface area contributed by atoms with Gasteiger partial charge in [0, 0.05) is 12.0 Å². The van der Waals surface area contributed by atoms with E-state index in [1.807, 2.05) is 12.1 Å². The van der Waals surface area contributed by atoms with E-state index in [2.05, 4.69) is 19.1 Å². The van der Waals surface area contributed by atoms with Crippen LogP contribution in [0.3, 0.4) is 0 Å². The second kappa shape index (κ2) is 8.13. The van der Waals surface area contributed by atoms with Gasteiger partial charge in [-0.25, -0.2) is 0 Å². The molecule has 2 aliphatic heterocycles. The average molecular weight is 412 g/mol. The third-order valence-corrected chi connectivity index (χ3v) is 9.54. The van der Waals surface area contributed by atoms with Gasteiger partial charge in [0.2, 0.25) is 0 Å². The van der Waals surface area contributed by atoms with Crippen molar-refractivity contribution in [2.24, 2.45) is 29.4 Å². The predicted octanol–water partition coefficient (Wildman–Crippen LogP) is 5.98. The van der Waals surface area contributed by atoms with Crippen LogP contribution < -0.4 is 5.73 Å². The maximum atomic E-state index is 9.60. The van der Waals surface area contributed by atoms with Crippen molar-refractivity contribution in [3.05, 3.63) is 29.8 Å².